The van der Waals surface area contributed by atoms with Crippen LogP contribution in [0.15, 0.2) is 48.5 Å². The van der Waals surface area contributed by atoms with Gasteiger partial charge in [-0.3, -0.25) is 4.79 Å². The Bertz CT molecular complexity index is 970. The van der Waals surface area contributed by atoms with E-state index in [0.29, 0.717) is 36.0 Å². The van der Waals surface area contributed by atoms with E-state index in [1.54, 1.807) is 28.6 Å². The van der Waals surface area contributed by atoms with Crippen LogP contribution in [-0.4, -0.2) is 57.9 Å². The Labute approximate surface area is 174 Å². The molecule has 0 bridgehead atoms. The van der Waals surface area contributed by atoms with Gasteiger partial charge in [0.1, 0.15) is 5.82 Å². The van der Waals surface area contributed by atoms with Crippen LogP contribution >= 0.6 is 11.6 Å². The quantitative estimate of drug-likeness (QED) is 0.592. The highest BCUT2D eigenvalue weighted by Gasteiger charge is 2.23. The Morgan fingerprint density at radius 3 is 2.34 bits per heavy atom. The first-order chi connectivity index (χ1) is 13.8. The molecule has 2 aromatic carbocycles. The lowest BCUT2D eigenvalue weighted by atomic mass is 10.2. The summed E-state index contributed by atoms with van der Waals surface area (Å²) < 4.78 is 14.7. The number of hydrogen-bond donors (Lipinski definition) is 0. The maximum absolute atomic E-state index is 13.3. The summed E-state index contributed by atoms with van der Waals surface area (Å²) in [6, 6.07) is 13.3. The van der Waals surface area contributed by atoms with E-state index in [4.69, 9.17) is 11.6 Å². The fraction of sp³-hybridized carbons (Fsp3) is 0.286. The molecule has 3 rings (SSSR count). The molecular formula is C21H23ClFN5O. The Morgan fingerprint density at radius 2 is 1.72 bits per heavy atom. The van der Waals surface area contributed by atoms with Crippen molar-refractivity contribution in [3.05, 3.63) is 76.3 Å². The molecule has 8 heteroatoms. The van der Waals surface area contributed by atoms with Crippen molar-refractivity contribution in [3.63, 3.8) is 0 Å². The Hall–Kier alpha value is -2.77. The van der Waals surface area contributed by atoms with Crippen LogP contribution in [0, 0.1) is 12.7 Å². The second-order valence-corrected chi connectivity index (χ2v) is 7.50. The van der Waals surface area contributed by atoms with Crippen molar-refractivity contribution in [2.75, 3.05) is 27.2 Å². The maximum Gasteiger partial charge on any atom is 0.276 e. The van der Waals surface area contributed by atoms with Crippen LogP contribution in [0.1, 0.15) is 21.7 Å². The molecule has 0 atom stereocenters. The van der Waals surface area contributed by atoms with E-state index in [1.165, 1.54) is 12.1 Å². The number of nitrogens with zero attached hydrogens (tertiary/aromatic N) is 5. The van der Waals surface area contributed by atoms with Crippen LogP contribution in [0.5, 0.6) is 0 Å². The lowest BCUT2D eigenvalue weighted by molar-refractivity contribution is 0.0725. The van der Waals surface area contributed by atoms with Crippen molar-refractivity contribution in [2.45, 2.75) is 13.5 Å². The fourth-order valence-electron chi connectivity index (χ4n) is 2.89. The van der Waals surface area contributed by atoms with Crippen LogP contribution in [0.3, 0.4) is 0 Å². The number of amides is 1. The lowest BCUT2D eigenvalue weighted by Crippen LogP contribution is -2.36. The van der Waals surface area contributed by atoms with Gasteiger partial charge in [-0.25, -0.2) is 9.07 Å². The van der Waals surface area contributed by atoms with Crippen LogP contribution in [0.25, 0.3) is 5.69 Å². The van der Waals surface area contributed by atoms with Gasteiger partial charge < -0.3 is 9.80 Å². The summed E-state index contributed by atoms with van der Waals surface area (Å²) in [5, 5.41) is 8.86. The smallest absolute Gasteiger partial charge is 0.276 e. The summed E-state index contributed by atoms with van der Waals surface area (Å²) in [6.45, 7) is 3.47. The van der Waals surface area contributed by atoms with Crippen molar-refractivity contribution < 1.29 is 9.18 Å². The van der Waals surface area contributed by atoms with E-state index in [2.05, 4.69) is 10.3 Å². The Balaban J connectivity index is 1.86. The SMILES string of the molecule is Cc1c(C(=O)N(CCN(C)C)Cc2ccc(Cl)cc2)nnn1-c1ccc(F)cc1. The zero-order valence-corrected chi connectivity index (χ0v) is 17.4. The van der Waals surface area contributed by atoms with Crippen LogP contribution in [0.2, 0.25) is 5.02 Å². The number of halogens is 2. The van der Waals surface area contributed by atoms with Gasteiger partial charge in [0.2, 0.25) is 0 Å². The monoisotopic (exact) mass is 415 g/mol. The van der Waals surface area contributed by atoms with Gasteiger partial charge in [0.05, 0.1) is 11.4 Å². The van der Waals surface area contributed by atoms with E-state index in [1.807, 2.05) is 43.3 Å². The number of likely N-dealkylation sites (N-methyl/N-ethyl adjacent to an activating group) is 1. The van der Waals surface area contributed by atoms with Crippen molar-refractivity contribution in [1.29, 1.82) is 0 Å². The number of benzene rings is 2. The van der Waals surface area contributed by atoms with Gasteiger partial charge in [0.25, 0.3) is 5.91 Å². The zero-order chi connectivity index (χ0) is 21.0. The molecule has 0 aliphatic heterocycles. The van der Waals surface area contributed by atoms with Gasteiger partial charge in [0.15, 0.2) is 5.69 Å². The van der Waals surface area contributed by atoms with Crippen molar-refractivity contribution in [2.24, 2.45) is 0 Å². The Morgan fingerprint density at radius 1 is 1.07 bits per heavy atom. The van der Waals surface area contributed by atoms with Gasteiger partial charge in [-0.05, 0) is 63.0 Å². The van der Waals surface area contributed by atoms with E-state index in [9.17, 15) is 9.18 Å². The minimum absolute atomic E-state index is 0.201. The maximum atomic E-state index is 13.3. The summed E-state index contributed by atoms with van der Waals surface area (Å²) in [6.07, 6.45) is 0. The second kappa shape index (κ2) is 9.15. The summed E-state index contributed by atoms with van der Waals surface area (Å²) in [5.41, 5.74) is 2.51. The average molecular weight is 416 g/mol. The third-order valence-corrected chi connectivity index (χ3v) is 4.81. The molecule has 0 aliphatic carbocycles. The molecule has 0 fully saturated rings. The molecule has 1 heterocycles. The standard InChI is InChI=1S/C21H23ClFN5O/c1-15-20(24-25-28(15)19-10-8-18(23)9-11-19)21(29)27(13-12-26(2)3)14-16-4-6-17(22)7-5-16/h4-11H,12-14H2,1-3H3. The highest BCUT2D eigenvalue weighted by atomic mass is 35.5. The van der Waals surface area contributed by atoms with Gasteiger partial charge in [-0.15, -0.1) is 5.10 Å². The molecule has 0 saturated carbocycles. The van der Waals surface area contributed by atoms with Crippen LogP contribution in [-0.2, 0) is 6.54 Å². The van der Waals surface area contributed by atoms with Gasteiger partial charge in [0, 0.05) is 24.7 Å². The topological polar surface area (TPSA) is 54.3 Å². The molecule has 1 aromatic heterocycles. The first-order valence-electron chi connectivity index (χ1n) is 9.22. The normalized spacial score (nSPS) is 11.1. The molecule has 0 spiro atoms. The van der Waals surface area contributed by atoms with E-state index < -0.39 is 0 Å². The van der Waals surface area contributed by atoms with E-state index in [-0.39, 0.29) is 17.4 Å². The highest BCUT2D eigenvalue weighted by Crippen LogP contribution is 2.17. The van der Waals surface area contributed by atoms with Crippen LogP contribution in [0.4, 0.5) is 4.39 Å². The molecule has 6 nitrogen and oxygen atoms in total. The Kier molecular flexibility index (Phi) is 6.61. The first-order valence-corrected chi connectivity index (χ1v) is 9.59. The molecule has 0 unspecified atom stereocenters. The second-order valence-electron chi connectivity index (χ2n) is 7.07. The molecule has 0 N–H and O–H groups in total. The van der Waals surface area contributed by atoms with Crippen LogP contribution < -0.4 is 0 Å². The number of aromatic nitrogens is 3. The number of hydrogen-bond acceptors (Lipinski definition) is 4. The van der Waals surface area contributed by atoms with Crippen molar-refractivity contribution in [1.82, 2.24) is 24.8 Å². The van der Waals surface area contributed by atoms with Gasteiger partial charge >= 0.3 is 0 Å². The van der Waals surface area contributed by atoms with Gasteiger partial charge in [-0.1, -0.05) is 28.9 Å². The predicted octanol–water partition coefficient (Wildman–Crippen LogP) is 3.57. The lowest BCUT2D eigenvalue weighted by Gasteiger charge is -2.24. The first kappa shape index (κ1) is 21.0. The third kappa shape index (κ3) is 5.19. The highest BCUT2D eigenvalue weighted by molar-refractivity contribution is 6.30. The van der Waals surface area contributed by atoms with E-state index in [0.717, 1.165) is 5.56 Å². The summed E-state index contributed by atoms with van der Waals surface area (Å²) >= 11 is 5.97. The molecule has 0 saturated heterocycles. The largest absolute Gasteiger partial charge is 0.332 e. The number of carbonyl (C=O) groups excluding carboxylic acids is 1. The molecule has 0 aliphatic rings. The zero-order valence-electron chi connectivity index (χ0n) is 16.6. The predicted molar refractivity (Wildman–Crippen MR) is 111 cm³/mol. The minimum Gasteiger partial charge on any atom is -0.332 e. The van der Waals surface area contributed by atoms with Gasteiger partial charge in [-0.2, -0.15) is 0 Å². The fourth-order valence-corrected chi connectivity index (χ4v) is 3.01. The summed E-state index contributed by atoms with van der Waals surface area (Å²) in [7, 11) is 3.92. The molecule has 0 radical (unpaired) electrons. The molecule has 152 valence electrons. The van der Waals surface area contributed by atoms with E-state index >= 15 is 0 Å². The average Bonchev–Trinajstić information content (AvgIpc) is 3.08. The molecule has 29 heavy (non-hydrogen) atoms. The van der Waals surface area contributed by atoms with Crippen molar-refractivity contribution in [3.8, 4) is 5.69 Å². The minimum atomic E-state index is -0.333. The summed E-state index contributed by atoms with van der Waals surface area (Å²) in [5.74, 6) is -0.534. The van der Waals surface area contributed by atoms with Crippen molar-refractivity contribution >= 4 is 17.5 Å². The molecular weight excluding hydrogens is 393 g/mol. The third-order valence-electron chi connectivity index (χ3n) is 4.56. The number of rotatable bonds is 7. The molecule has 3 aromatic rings. The number of carbonyl (C=O) groups is 1. The summed E-state index contributed by atoms with van der Waals surface area (Å²) in [4.78, 5) is 17.0. The molecule has 1 amide bonds.